The molecule has 0 aromatic heterocycles. The van der Waals surface area contributed by atoms with E-state index in [1.807, 2.05) is 5.57 Å². The fourth-order valence-corrected chi connectivity index (χ4v) is 2.42. The van der Waals surface area contributed by atoms with Gasteiger partial charge in [0.05, 0.1) is 0 Å². The summed E-state index contributed by atoms with van der Waals surface area (Å²) in [6.07, 6.45) is 9.79. The van der Waals surface area contributed by atoms with E-state index in [1.165, 1.54) is 58.0 Å². The lowest BCUT2D eigenvalue weighted by atomic mass is 10.0. The molecule has 1 saturated carbocycles. The smallest absolute Gasteiger partial charge is 0.00115 e. The third kappa shape index (κ3) is 2.99. The molecule has 0 spiro atoms. The minimum Gasteiger partial charge on any atom is -0.316 e. The van der Waals surface area contributed by atoms with Crippen molar-refractivity contribution in [2.45, 2.75) is 44.9 Å². The summed E-state index contributed by atoms with van der Waals surface area (Å²) in [7, 11) is 0. The quantitative estimate of drug-likeness (QED) is 0.595. The van der Waals surface area contributed by atoms with Gasteiger partial charge in [0, 0.05) is 0 Å². The number of rotatable bonds is 0. The summed E-state index contributed by atoms with van der Waals surface area (Å²) in [4.78, 5) is 0. The lowest BCUT2D eigenvalue weighted by Crippen LogP contribution is -2.13. The molecule has 0 bridgehead atoms. The molecule has 1 nitrogen and oxygen atoms in total. The zero-order chi connectivity index (χ0) is 8.23. The van der Waals surface area contributed by atoms with Crippen LogP contribution in [0.15, 0.2) is 11.1 Å². The molecule has 76 valence electrons. The summed E-state index contributed by atoms with van der Waals surface area (Å²) in [5, 5.41) is 3.47. The predicted molar refractivity (Wildman–Crippen MR) is 59.5 cm³/mol. The van der Waals surface area contributed by atoms with Crippen molar-refractivity contribution in [1.82, 2.24) is 5.32 Å². The molecule has 2 heteroatoms. The molecule has 0 unspecified atom stereocenters. The Labute approximate surface area is 87.4 Å². The monoisotopic (exact) mass is 201 g/mol. The highest BCUT2D eigenvalue weighted by atomic mass is 35.5. The maximum atomic E-state index is 3.47. The largest absolute Gasteiger partial charge is 0.316 e. The molecule has 0 atom stereocenters. The van der Waals surface area contributed by atoms with Crippen molar-refractivity contribution < 1.29 is 0 Å². The normalized spacial score (nSPS) is 24.0. The third-order valence-corrected chi connectivity index (χ3v) is 3.14. The Kier molecular flexibility index (Phi) is 4.82. The second-order valence-electron chi connectivity index (χ2n) is 4.02. The van der Waals surface area contributed by atoms with E-state index in [-0.39, 0.29) is 12.4 Å². The topological polar surface area (TPSA) is 12.0 Å². The van der Waals surface area contributed by atoms with Gasteiger partial charge in [-0.15, -0.1) is 12.4 Å². The Morgan fingerprint density at radius 1 is 0.692 bits per heavy atom. The van der Waals surface area contributed by atoms with Gasteiger partial charge in [-0.25, -0.2) is 0 Å². The Morgan fingerprint density at radius 3 is 2.08 bits per heavy atom. The molecule has 1 saturated heterocycles. The van der Waals surface area contributed by atoms with Crippen molar-refractivity contribution in [2.75, 3.05) is 13.1 Å². The fourth-order valence-electron chi connectivity index (χ4n) is 2.42. The molecule has 2 rings (SSSR count). The number of hydrogen-bond acceptors (Lipinski definition) is 1. The Bertz CT molecular complexity index is 169. The van der Waals surface area contributed by atoms with Gasteiger partial charge in [-0.2, -0.15) is 0 Å². The molecule has 0 aromatic carbocycles. The molecule has 1 heterocycles. The SMILES string of the molecule is C1CCC(=C2CCCNCC2)C1.Cl. The van der Waals surface area contributed by atoms with Crippen LogP contribution in [0.1, 0.15) is 44.9 Å². The average molecular weight is 202 g/mol. The van der Waals surface area contributed by atoms with Crippen LogP contribution in [0.25, 0.3) is 0 Å². The summed E-state index contributed by atoms with van der Waals surface area (Å²) in [5.74, 6) is 0. The van der Waals surface area contributed by atoms with E-state index < -0.39 is 0 Å². The van der Waals surface area contributed by atoms with E-state index in [9.17, 15) is 0 Å². The predicted octanol–water partition coefficient (Wildman–Crippen LogP) is 3.05. The van der Waals surface area contributed by atoms with Crippen molar-refractivity contribution in [3.8, 4) is 0 Å². The van der Waals surface area contributed by atoms with Crippen LogP contribution < -0.4 is 5.32 Å². The van der Waals surface area contributed by atoms with E-state index in [0.29, 0.717) is 0 Å². The Hall–Kier alpha value is -0.0100. The van der Waals surface area contributed by atoms with Crippen LogP contribution in [-0.4, -0.2) is 13.1 Å². The van der Waals surface area contributed by atoms with Crippen LogP contribution in [0.4, 0.5) is 0 Å². The standard InChI is InChI=1S/C11H19N.ClH/c1-2-5-10(4-1)11-6-3-8-12-9-7-11;/h12H,1-9H2;1H. The van der Waals surface area contributed by atoms with Gasteiger partial charge in [-0.3, -0.25) is 0 Å². The first-order chi connectivity index (χ1) is 5.97. The summed E-state index contributed by atoms with van der Waals surface area (Å²) in [6, 6.07) is 0. The van der Waals surface area contributed by atoms with Crippen molar-refractivity contribution in [3.63, 3.8) is 0 Å². The molecule has 0 radical (unpaired) electrons. The second-order valence-corrected chi connectivity index (χ2v) is 4.02. The minimum absolute atomic E-state index is 0. The van der Waals surface area contributed by atoms with E-state index in [2.05, 4.69) is 5.32 Å². The van der Waals surface area contributed by atoms with Gasteiger partial charge in [0.1, 0.15) is 0 Å². The third-order valence-electron chi connectivity index (χ3n) is 3.14. The average Bonchev–Trinajstić information content (AvgIpc) is 2.48. The van der Waals surface area contributed by atoms with E-state index in [4.69, 9.17) is 0 Å². The van der Waals surface area contributed by atoms with Gasteiger partial charge >= 0.3 is 0 Å². The first-order valence-electron chi connectivity index (χ1n) is 5.37. The zero-order valence-corrected chi connectivity index (χ0v) is 9.09. The van der Waals surface area contributed by atoms with Crippen molar-refractivity contribution in [2.24, 2.45) is 0 Å². The first-order valence-corrected chi connectivity index (χ1v) is 5.37. The van der Waals surface area contributed by atoms with Gasteiger partial charge in [0.15, 0.2) is 0 Å². The molecular formula is C11H20ClN. The number of nitrogens with one attached hydrogen (secondary N) is 1. The molecule has 13 heavy (non-hydrogen) atoms. The highest BCUT2D eigenvalue weighted by Crippen LogP contribution is 2.30. The zero-order valence-electron chi connectivity index (χ0n) is 8.27. The van der Waals surface area contributed by atoms with Crippen LogP contribution in [0.2, 0.25) is 0 Å². The molecule has 1 N–H and O–H groups in total. The lowest BCUT2D eigenvalue weighted by molar-refractivity contribution is 0.703. The molecule has 2 fully saturated rings. The highest BCUT2D eigenvalue weighted by Gasteiger charge is 2.13. The van der Waals surface area contributed by atoms with E-state index in [0.717, 1.165) is 0 Å². The van der Waals surface area contributed by atoms with Gasteiger partial charge in [-0.1, -0.05) is 11.1 Å². The Balaban J connectivity index is 0.000000845. The highest BCUT2D eigenvalue weighted by molar-refractivity contribution is 5.85. The van der Waals surface area contributed by atoms with E-state index >= 15 is 0 Å². The Morgan fingerprint density at radius 2 is 1.31 bits per heavy atom. The van der Waals surface area contributed by atoms with Crippen molar-refractivity contribution >= 4 is 12.4 Å². The number of halogens is 1. The van der Waals surface area contributed by atoms with Crippen LogP contribution in [0.3, 0.4) is 0 Å². The van der Waals surface area contributed by atoms with Crippen LogP contribution >= 0.6 is 12.4 Å². The summed E-state index contributed by atoms with van der Waals surface area (Å²) >= 11 is 0. The molecule has 2 aliphatic rings. The molecule has 0 aromatic rings. The molecule has 1 aliphatic carbocycles. The maximum Gasteiger partial charge on any atom is -0.00115 e. The van der Waals surface area contributed by atoms with Gasteiger partial charge in [0.2, 0.25) is 0 Å². The van der Waals surface area contributed by atoms with Crippen LogP contribution in [0, 0.1) is 0 Å². The lowest BCUT2D eigenvalue weighted by Gasteiger charge is -2.06. The maximum absolute atomic E-state index is 3.47. The van der Waals surface area contributed by atoms with Crippen molar-refractivity contribution in [1.29, 1.82) is 0 Å². The number of allylic oxidation sites excluding steroid dienone is 1. The van der Waals surface area contributed by atoms with Crippen molar-refractivity contribution in [3.05, 3.63) is 11.1 Å². The van der Waals surface area contributed by atoms with Gasteiger partial charge in [-0.05, 0) is 58.0 Å². The van der Waals surface area contributed by atoms with Crippen LogP contribution in [-0.2, 0) is 0 Å². The summed E-state index contributed by atoms with van der Waals surface area (Å²) in [6.45, 7) is 2.45. The molecule has 1 aliphatic heterocycles. The second kappa shape index (κ2) is 5.66. The van der Waals surface area contributed by atoms with Crippen LogP contribution in [0.5, 0.6) is 0 Å². The fraction of sp³-hybridized carbons (Fsp3) is 0.818. The molecule has 0 amide bonds. The number of hydrogen-bond donors (Lipinski definition) is 1. The summed E-state index contributed by atoms with van der Waals surface area (Å²) in [5.41, 5.74) is 3.62. The van der Waals surface area contributed by atoms with Gasteiger partial charge in [0.25, 0.3) is 0 Å². The molecular weight excluding hydrogens is 182 g/mol. The van der Waals surface area contributed by atoms with Gasteiger partial charge < -0.3 is 5.32 Å². The minimum atomic E-state index is 0. The summed E-state index contributed by atoms with van der Waals surface area (Å²) < 4.78 is 0. The van der Waals surface area contributed by atoms with E-state index in [1.54, 1.807) is 5.57 Å². The first kappa shape index (κ1) is 11.1.